The van der Waals surface area contributed by atoms with Crippen LogP contribution in [0.25, 0.3) is 21.7 Å². The summed E-state index contributed by atoms with van der Waals surface area (Å²) in [5, 5.41) is 11.5. The number of halogens is 1. The van der Waals surface area contributed by atoms with E-state index in [4.69, 9.17) is 10.5 Å². The van der Waals surface area contributed by atoms with Gasteiger partial charge in [-0.1, -0.05) is 0 Å². The van der Waals surface area contributed by atoms with E-state index in [0.29, 0.717) is 5.56 Å². The maximum atomic E-state index is 9.53. The molecule has 2 N–H and O–H groups in total. The molecular weight excluding hydrogens is 386 g/mol. The summed E-state index contributed by atoms with van der Waals surface area (Å²) in [4.78, 5) is 5.46. The Balaban J connectivity index is 2.25. The molecule has 0 fully saturated rings. The Bertz CT molecular complexity index is 942. The predicted octanol–water partition coefficient (Wildman–Crippen LogP) is 5.01. The lowest BCUT2D eigenvalue weighted by atomic mass is 9.97. The molecule has 0 saturated heterocycles. The molecule has 24 heavy (non-hydrogen) atoms. The van der Waals surface area contributed by atoms with Crippen LogP contribution in [0.1, 0.15) is 11.1 Å². The van der Waals surface area contributed by atoms with Crippen LogP contribution in [0, 0.1) is 18.3 Å². The first kappa shape index (κ1) is 16.5. The Morgan fingerprint density at radius 1 is 1.29 bits per heavy atom. The molecule has 4 nitrogen and oxygen atoms in total. The maximum Gasteiger partial charge on any atom is 0.142 e. The fourth-order valence-corrected chi connectivity index (χ4v) is 4.13. The number of aromatic nitrogens is 1. The summed E-state index contributed by atoms with van der Waals surface area (Å²) in [6.45, 7) is 1.97. The number of nitrogens with two attached hydrogens (primary N) is 1. The van der Waals surface area contributed by atoms with Crippen molar-refractivity contribution in [3.05, 3.63) is 51.3 Å². The second kappa shape index (κ2) is 6.63. The lowest BCUT2D eigenvalue weighted by Gasteiger charge is -2.14. The molecule has 6 heteroatoms. The number of rotatable bonds is 3. The van der Waals surface area contributed by atoms with E-state index in [1.165, 1.54) is 0 Å². The lowest BCUT2D eigenvalue weighted by molar-refractivity contribution is 0.415. The highest BCUT2D eigenvalue weighted by Gasteiger charge is 2.19. The van der Waals surface area contributed by atoms with Crippen molar-refractivity contribution < 1.29 is 4.74 Å². The highest BCUT2D eigenvalue weighted by atomic mass is 79.9. The number of methoxy groups -OCH3 is 1. The highest BCUT2D eigenvalue weighted by molar-refractivity contribution is 9.10. The molecule has 0 saturated carbocycles. The van der Waals surface area contributed by atoms with E-state index >= 15 is 0 Å². The van der Waals surface area contributed by atoms with Crippen LogP contribution in [0.15, 0.2) is 40.2 Å². The van der Waals surface area contributed by atoms with E-state index in [0.717, 1.165) is 37.5 Å². The van der Waals surface area contributed by atoms with E-state index < -0.39 is 0 Å². The van der Waals surface area contributed by atoms with Gasteiger partial charge in [0.15, 0.2) is 0 Å². The number of anilines is 1. The van der Waals surface area contributed by atoms with Crippen molar-refractivity contribution in [3.8, 4) is 33.5 Å². The summed E-state index contributed by atoms with van der Waals surface area (Å²) in [6, 6.07) is 11.8. The van der Waals surface area contributed by atoms with Gasteiger partial charge in [0, 0.05) is 25.9 Å². The fraction of sp³-hybridized carbons (Fsp3) is 0.111. The Hall–Kier alpha value is -2.36. The second-order valence-electron chi connectivity index (χ2n) is 5.19. The van der Waals surface area contributed by atoms with E-state index in [2.05, 4.69) is 27.0 Å². The minimum atomic E-state index is 0.244. The molecule has 3 rings (SSSR count). The molecule has 0 spiro atoms. The van der Waals surface area contributed by atoms with Crippen LogP contribution in [0.4, 0.5) is 5.82 Å². The quantitative estimate of drug-likeness (QED) is 0.671. The van der Waals surface area contributed by atoms with Gasteiger partial charge in [-0.15, -0.1) is 11.3 Å². The van der Waals surface area contributed by atoms with Gasteiger partial charge in [0.2, 0.25) is 0 Å². The van der Waals surface area contributed by atoms with E-state index in [-0.39, 0.29) is 5.82 Å². The number of nitriles is 1. The summed E-state index contributed by atoms with van der Waals surface area (Å²) in [7, 11) is 1.63. The number of hydrogen-bond acceptors (Lipinski definition) is 5. The molecule has 0 aliphatic heterocycles. The van der Waals surface area contributed by atoms with Crippen LogP contribution in [0.3, 0.4) is 0 Å². The summed E-state index contributed by atoms with van der Waals surface area (Å²) in [5.74, 6) is 1.02. The topological polar surface area (TPSA) is 71.9 Å². The molecule has 3 aromatic rings. The zero-order valence-electron chi connectivity index (χ0n) is 13.1. The minimum Gasteiger partial charge on any atom is -0.497 e. The first-order valence-corrected chi connectivity index (χ1v) is 8.81. The number of hydrogen-bond donors (Lipinski definition) is 1. The average molecular weight is 400 g/mol. The van der Waals surface area contributed by atoms with Crippen molar-refractivity contribution in [1.29, 1.82) is 5.26 Å². The molecule has 2 heterocycles. The highest BCUT2D eigenvalue weighted by Crippen LogP contribution is 2.39. The molecule has 0 bridgehead atoms. The number of nitrogen functional groups attached to an aromatic ring is 1. The van der Waals surface area contributed by atoms with Gasteiger partial charge >= 0.3 is 0 Å². The molecule has 1 aromatic carbocycles. The number of nitrogens with zero attached hydrogens (tertiary/aromatic N) is 2. The Morgan fingerprint density at radius 3 is 2.54 bits per heavy atom. The summed E-state index contributed by atoms with van der Waals surface area (Å²) in [5.41, 5.74) is 9.96. The van der Waals surface area contributed by atoms with Gasteiger partial charge in [-0.2, -0.15) is 5.26 Å². The molecule has 0 radical (unpaired) electrons. The van der Waals surface area contributed by atoms with Gasteiger partial charge < -0.3 is 10.5 Å². The molecule has 0 aliphatic carbocycles. The van der Waals surface area contributed by atoms with Crippen molar-refractivity contribution >= 4 is 33.1 Å². The molecule has 120 valence electrons. The van der Waals surface area contributed by atoms with Crippen LogP contribution in [0.5, 0.6) is 5.75 Å². The minimum absolute atomic E-state index is 0.244. The fourth-order valence-electron chi connectivity index (χ4n) is 2.59. The van der Waals surface area contributed by atoms with Gasteiger partial charge in [0.05, 0.1) is 12.8 Å². The van der Waals surface area contributed by atoms with Crippen LogP contribution in [0.2, 0.25) is 0 Å². The van der Waals surface area contributed by atoms with Crippen molar-refractivity contribution in [3.63, 3.8) is 0 Å². The Kier molecular flexibility index (Phi) is 4.56. The largest absolute Gasteiger partial charge is 0.497 e. The van der Waals surface area contributed by atoms with Crippen LogP contribution >= 0.6 is 27.3 Å². The van der Waals surface area contributed by atoms with Gasteiger partial charge in [-0.25, -0.2) is 4.98 Å². The molecule has 2 aromatic heterocycles. The van der Waals surface area contributed by atoms with Crippen LogP contribution in [-0.4, -0.2) is 12.1 Å². The van der Waals surface area contributed by atoms with Gasteiger partial charge in [-0.05, 0) is 58.7 Å². The first-order valence-electron chi connectivity index (χ1n) is 7.14. The summed E-state index contributed by atoms with van der Waals surface area (Å²) in [6.07, 6.45) is 0. The Morgan fingerprint density at radius 2 is 2.00 bits per heavy atom. The van der Waals surface area contributed by atoms with Gasteiger partial charge in [0.25, 0.3) is 0 Å². The monoisotopic (exact) mass is 399 g/mol. The number of pyridine rings is 1. The van der Waals surface area contributed by atoms with E-state index in [1.54, 1.807) is 18.4 Å². The Labute approximate surface area is 152 Å². The smallest absolute Gasteiger partial charge is 0.142 e. The van der Waals surface area contributed by atoms with Gasteiger partial charge in [-0.3, -0.25) is 0 Å². The normalized spacial score (nSPS) is 10.4. The second-order valence-corrected chi connectivity index (χ2v) is 7.02. The lowest BCUT2D eigenvalue weighted by Crippen LogP contribution is -2.02. The third-order valence-corrected chi connectivity index (χ3v) is 5.47. The van der Waals surface area contributed by atoms with Crippen molar-refractivity contribution in [2.45, 2.75) is 6.92 Å². The zero-order chi connectivity index (χ0) is 17.3. The van der Waals surface area contributed by atoms with Crippen LogP contribution in [-0.2, 0) is 0 Å². The third kappa shape index (κ3) is 2.88. The van der Waals surface area contributed by atoms with Crippen molar-refractivity contribution in [1.82, 2.24) is 4.98 Å². The molecule has 0 aliphatic rings. The number of thiophene rings is 1. The number of benzene rings is 1. The summed E-state index contributed by atoms with van der Waals surface area (Å²) < 4.78 is 6.18. The molecule has 0 amide bonds. The number of ether oxygens (including phenoxy) is 1. The summed E-state index contributed by atoms with van der Waals surface area (Å²) >= 11 is 5.03. The third-order valence-electron chi connectivity index (χ3n) is 3.76. The van der Waals surface area contributed by atoms with Crippen molar-refractivity contribution in [2.75, 3.05) is 12.8 Å². The van der Waals surface area contributed by atoms with Crippen molar-refractivity contribution in [2.24, 2.45) is 0 Å². The zero-order valence-corrected chi connectivity index (χ0v) is 15.5. The standard InChI is InChI=1S/C18H14BrN3OS/c1-10-16(15-7-12(19)9-24-15)14(8-20)18(21)22-17(10)11-3-5-13(23-2)6-4-11/h3-7,9H,1-2H3,(H2,21,22). The molecule has 0 atom stereocenters. The molecular formula is C18H14BrN3OS. The SMILES string of the molecule is COc1ccc(-c2nc(N)c(C#N)c(-c3cc(Br)cs3)c2C)cc1. The van der Waals surface area contributed by atoms with Crippen LogP contribution < -0.4 is 10.5 Å². The molecule has 0 unspecified atom stereocenters. The predicted molar refractivity (Wildman–Crippen MR) is 101 cm³/mol. The van der Waals surface area contributed by atoms with E-state index in [9.17, 15) is 5.26 Å². The van der Waals surface area contributed by atoms with Gasteiger partial charge in [0.1, 0.15) is 23.2 Å². The van der Waals surface area contributed by atoms with E-state index in [1.807, 2.05) is 42.6 Å². The maximum absolute atomic E-state index is 9.53. The first-order chi connectivity index (χ1) is 11.5. The average Bonchev–Trinajstić information content (AvgIpc) is 3.02.